The Hall–Kier alpha value is -3.08. The van der Waals surface area contributed by atoms with E-state index in [0.29, 0.717) is 16.8 Å². The van der Waals surface area contributed by atoms with E-state index in [-0.39, 0.29) is 33.9 Å². The van der Waals surface area contributed by atoms with Crippen LogP contribution in [-0.4, -0.2) is 39.2 Å². The molecule has 0 fully saturated rings. The van der Waals surface area contributed by atoms with E-state index in [1.54, 1.807) is 6.07 Å². The molecular formula is C20H19F3N6OS. The number of halogens is 3. The van der Waals surface area contributed by atoms with Crippen LogP contribution in [0.1, 0.15) is 18.9 Å². The summed E-state index contributed by atoms with van der Waals surface area (Å²) in [4.78, 5) is 16.7. The quantitative estimate of drug-likeness (QED) is 0.607. The number of pyridine rings is 1. The van der Waals surface area contributed by atoms with E-state index in [4.69, 9.17) is 10.5 Å². The Bertz CT molecular complexity index is 1180. The number of nitrogens with two attached hydrogens (primary N) is 1. The van der Waals surface area contributed by atoms with Crippen molar-refractivity contribution in [3.8, 4) is 5.75 Å². The average Bonchev–Trinajstić information content (AvgIpc) is 2.75. The second-order valence-electron chi connectivity index (χ2n) is 7.16. The number of alkyl halides is 1. The number of hydrogen-bond acceptors (Lipinski definition) is 8. The lowest BCUT2D eigenvalue weighted by Gasteiger charge is -2.34. The largest absolute Gasteiger partial charge is 0.495 e. The molecular weight excluding hydrogens is 429 g/mol. The Morgan fingerprint density at radius 2 is 2.06 bits per heavy atom. The van der Waals surface area contributed by atoms with Gasteiger partial charge in [-0.1, -0.05) is 18.7 Å². The number of methoxy groups -OCH3 is 1. The number of aromatic nitrogens is 3. The van der Waals surface area contributed by atoms with Gasteiger partial charge >= 0.3 is 0 Å². The van der Waals surface area contributed by atoms with Gasteiger partial charge in [0.2, 0.25) is 0 Å². The maximum absolute atomic E-state index is 14.8. The zero-order valence-electron chi connectivity index (χ0n) is 16.7. The Balaban J connectivity index is 1.79. The van der Waals surface area contributed by atoms with Gasteiger partial charge in [0.1, 0.15) is 29.8 Å². The van der Waals surface area contributed by atoms with E-state index in [9.17, 15) is 13.2 Å². The molecule has 0 spiro atoms. The molecule has 3 aromatic rings. The van der Waals surface area contributed by atoms with Crippen molar-refractivity contribution in [1.29, 1.82) is 0 Å². The van der Waals surface area contributed by atoms with Gasteiger partial charge in [-0.25, -0.2) is 33.1 Å². The second-order valence-corrected chi connectivity index (χ2v) is 8.62. The maximum Gasteiger partial charge on any atom is 0.164 e. The smallest absolute Gasteiger partial charge is 0.164 e. The zero-order valence-corrected chi connectivity index (χ0v) is 17.5. The first-order chi connectivity index (χ1) is 14.8. The van der Waals surface area contributed by atoms with Crippen LogP contribution in [-0.2, 0) is 5.54 Å². The molecule has 3 heterocycles. The van der Waals surface area contributed by atoms with Crippen molar-refractivity contribution in [2.45, 2.75) is 24.1 Å². The van der Waals surface area contributed by atoms with E-state index in [0.717, 1.165) is 6.07 Å². The fourth-order valence-corrected chi connectivity index (χ4v) is 4.60. The third-order valence-electron chi connectivity index (χ3n) is 4.97. The Morgan fingerprint density at radius 1 is 1.26 bits per heavy atom. The molecule has 0 saturated heterocycles. The van der Waals surface area contributed by atoms with Crippen molar-refractivity contribution in [2.75, 3.05) is 19.1 Å². The van der Waals surface area contributed by atoms with Gasteiger partial charge < -0.3 is 15.8 Å². The molecule has 2 aromatic heterocycles. The van der Waals surface area contributed by atoms with E-state index in [2.05, 4.69) is 25.3 Å². The molecule has 1 aliphatic rings. The molecule has 31 heavy (non-hydrogen) atoms. The fourth-order valence-electron chi connectivity index (χ4n) is 3.60. The maximum atomic E-state index is 14.8. The SMILES string of the molecule is COc1cnc2c(Nc3cc(F)c(F)c([C@]4(CF)C[C@@H](C)SC(N)=N4)c3)ncnc2c1. The van der Waals surface area contributed by atoms with Crippen molar-refractivity contribution in [1.82, 2.24) is 15.0 Å². The minimum absolute atomic E-state index is 0.114. The van der Waals surface area contributed by atoms with Crippen LogP contribution < -0.4 is 15.8 Å². The molecule has 0 bridgehead atoms. The van der Waals surface area contributed by atoms with Crippen LogP contribution in [0.3, 0.4) is 0 Å². The molecule has 162 valence electrons. The summed E-state index contributed by atoms with van der Waals surface area (Å²) in [6, 6.07) is 3.97. The Kier molecular flexibility index (Phi) is 5.61. The first-order valence-corrected chi connectivity index (χ1v) is 10.2. The summed E-state index contributed by atoms with van der Waals surface area (Å²) in [5, 5.41) is 2.95. The van der Waals surface area contributed by atoms with E-state index >= 15 is 0 Å². The van der Waals surface area contributed by atoms with Gasteiger partial charge in [0.05, 0.1) is 18.8 Å². The van der Waals surface area contributed by atoms with Gasteiger partial charge in [-0.05, 0) is 12.5 Å². The topological polar surface area (TPSA) is 98.3 Å². The molecule has 0 amide bonds. The van der Waals surface area contributed by atoms with Crippen molar-refractivity contribution < 1.29 is 17.9 Å². The van der Waals surface area contributed by atoms with Crippen molar-refractivity contribution in [3.05, 3.63) is 47.9 Å². The van der Waals surface area contributed by atoms with E-state index in [1.165, 1.54) is 37.5 Å². The number of benzene rings is 1. The number of hydrogen-bond donors (Lipinski definition) is 2. The number of aliphatic imine (C=N–C) groups is 1. The van der Waals surface area contributed by atoms with Crippen LogP contribution in [0.15, 0.2) is 35.7 Å². The first-order valence-electron chi connectivity index (χ1n) is 9.34. The van der Waals surface area contributed by atoms with Crippen molar-refractivity contribution in [3.63, 3.8) is 0 Å². The standard InChI is InChI=1S/C20H19F3N6OS/c1-10-6-20(8-21,29-19(24)31-10)13-3-11(4-14(22)16(13)23)28-18-17-15(26-9-27-18)5-12(30-2)7-25-17/h3-5,7,9-10H,6,8H2,1-2H3,(H2,24,29)(H,26,27,28)/t10-,20-/m1/s1. The lowest BCUT2D eigenvalue weighted by molar-refractivity contribution is 0.283. The molecule has 0 unspecified atom stereocenters. The molecule has 11 heteroatoms. The third kappa shape index (κ3) is 3.97. The number of anilines is 2. The van der Waals surface area contributed by atoms with Gasteiger partial charge in [0.25, 0.3) is 0 Å². The summed E-state index contributed by atoms with van der Waals surface area (Å²) < 4.78 is 48.6. The third-order valence-corrected chi connectivity index (χ3v) is 5.87. The van der Waals surface area contributed by atoms with Crippen LogP contribution in [0.5, 0.6) is 5.75 Å². The van der Waals surface area contributed by atoms with Crippen LogP contribution >= 0.6 is 11.8 Å². The molecule has 3 N–H and O–H groups in total. The highest BCUT2D eigenvalue weighted by Crippen LogP contribution is 2.42. The van der Waals surface area contributed by atoms with Crippen LogP contribution in [0.2, 0.25) is 0 Å². The molecule has 2 atom stereocenters. The summed E-state index contributed by atoms with van der Waals surface area (Å²) in [6.45, 7) is 0.816. The van der Waals surface area contributed by atoms with E-state index < -0.39 is 23.8 Å². The highest BCUT2D eigenvalue weighted by molar-refractivity contribution is 8.14. The molecule has 1 aromatic carbocycles. The number of nitrogens with zero attached hydrogens (tertiary/aromatic N) is 4. The number of amidine groups is 1. The lowest BCUT2D eigenvalue weighted by atomic mass is 9.86. The van der Waals surface area contributed by atoms with Gasteiger partial charge in [-0.15, -0.1) is 0 Å². The molecule has 0 aliphatic carbocycles. The number of fused-ring (bicyclic) bond motifs is 1. The monoisotopic (exact) mass is 448 g/mol. The van der Waals surface area contributed by atoms with Gasteiger partial charge in [-0.2, -0.15) is 0 Å². The summed E-state index contributed by atoms with van der Waals surface area (Å²) >= 11 is 1.27. The Morgan fingerprint density at radius 3 is 2.77 bits per heavy atom. The number of rotatable bonds is 5. The first kappa shape index (κ1) is 21.2. The normalized spacial score (nSPS) is 21.1. The number of thioether (sulfide) groups is 1. The van der Waals surface area contributed by atoms with Gasteiger partial charge in [0.15, 0.2) is 22.6 Å². The summed E-state index contributed by atoms with van der Waals surface area (Å²) in [7, 11) is 1.51. The van der Waals surface area contributed by atoms with Gasteiger partial charge in [-0.3, -0.25) is 0 Å². The molecule has 0 saturated carbocycles. The Labute approximate surface area is 180 Å². The number of ether oxygens (including phenoxy) is 1. The van der Waals surface area contributed by atoms with Crippen molar-refractivity contribution in [2.24, 2.45) is 10.7 Å². The van der Waals surface area contributed by atoms with E-state index in [1.807, 2.05) is 6.92 Å². The lowest BCUT2D eigenvalue weighted by Crippen LogP contribution is -2.37. The molecule has 1 aliphatic heterocycles. The van der Waals surface area contributed by atoms with Crippen LogP contribution in [0.4, 0.5) is 24.7 Å². The van der Waals surface area contributed by atoms with Crippen molar-refractivity contribution >= 4 is 39.5 Å². The fraction of sp³-hybridized carbons (Fsp3) is 0.300. The van der Waals surface area contributed by atoms with Crippen LogP contribution in [0, 0.1) is 11.6 Å². The van der Waals surface area contributed by atoms with Gasteiger partial charge in [0, 0.05) is 28.6 Å². The number of nitrogens with one attached hydrogen (secondary N) is 1. The summed E-state index contributed by atoms with van der Waals surface area (Å²) in [5.74, 6) is -1.51. The molecule has 0 radical (unpaired) electrons. The highest BCUT2D eigenvalue weighted by atomic mass is 32.2. The summed E-state index contributed by atoms with van der Waals surface area (Å²) in [6.07, 6.45) is 2.97. The second kappa shape index (κ2) is 8.22. The predicted octanol–water partition coefficient (Wildman–Crippen LogP) is 4.06. The molecule has 4 rings (SSSR count). The molecule has 7 nitrogen and oxygen atoms in total. The highest BCUT2D eigenvalue weighted by Gasteiger charge is 2.41. The zero-order chi connectivity index (χ0) is 22.2. The minimum Gasteiger partial charge on any atom is -0.495 e. The predicted molar refractivity (Wildman–Crippen MR) is 114 cm³/mol. The average molecular weight is 448 g/mol. The van der Waals surface area contributed by atoms with Crippen LogP contribution in [0.25, 0.3) is 11.0 Å². The minimum atomic E-state index is -1.60. The summed E-state index contributed by atoms with van der Waals surface area (Å²) in [5.41, 5.74) is 5.08.